The second kappa shape index (κ2) is 4.12. The summed E-state index contributed by atoms with van der Waals surface area (Å²) >= 11 is 0. The third kappa shape index (κ3) is 1.88. The lowest BCUT2D eigenvalue weighted by Crippen LogP contribution is -2.07. The molecule has 2 atom stereocenters. The molecule has 18 heavy (non-hydrogen) atoms. The molecule has 94 valence electrons. The van der Waals surface area contributed by atoms with Gasteiger partial charge in [0.05, 0.1) is 17.5 Å². The summed E-state index contributed by atoms with van der Waals surface area (Å²) in [6.45, 7) is 2.72. The van der Waals surface area contributed by atoms with Crippen molar-refractivity contribution in [3.05, 3.63) is 30.1 Å². The highest BCUT2D eigenvalue weighted by Crippen LogP contribution is 2.47. The molecule has 1 aromatic carbocycles. The molecule has 1 fully saturated rings. The van der Waals surface area contributed by atoms with Crippen molar-refractivity contribution in [3.8, 4) is 0 Å². The number of carboxylic acid groups (broad SMARTS) is 1. The molecule has 0 spiro atoms. The molecule has 1 N–H and O–H groups in total. The van der Waals surface area contributed by atoms with E-state index in [2.05, 4.69) is 16.5 Å². The lowest BCUT2D eigenvalue weighted by atomic mass is 10.3. The van der Waals surface area contributed by atoms with E-state index in [1.54, 1.807) is 0 Å². The quantitative estimate of drug-likeness (QED) is 0.899. The van der Waals surface area contributed by atoms with Crippen LogP contribution in [0.3, 0.4) is 0 Å². The fourth-order valence-corrected chi connectivity index (χ4v) is 2.50. The molecule has 2 unspecified atom stereocenters. The van der Waals surface area contributed by atoms with Gasteiger partial charge in [-0.1, -0.05) is 19.1 Å². The zero-order chi connectivity index (χ0) is 12.7. The predicted molar refractivity (Wildman–Crippen MR) is 68.5 cm³/mol. The van der Waals surface area contributed by atoms with Crippen LogP contribution in [0.5, 0.6) is 0 Å². The number of hydrogen-bond acceptors (Lipinski definition) is 2. The minimum absolute atomic E-state index is 0.147. The maximum Gasteiger partial charge on any atom is 0.305 e. The Hall–Kier alpha value is -1.84. The Balaban J connectivity index is 2.03. The van der Waals surface area contributed by atoms with Crippen molar-refractivity contribution in [2.24, 2.45) is 5.92 Å². The van der Waals surface area contributed by atoms with Crippen LogP contribution in [0.25, 0.3) is 11.0 Å². The fourth-order valence-electron chi connectivity index (χ4n) is 2.50. The predicted octanol–water partition coefficient (Wildman–Crippen LogP) is 2.63. The number of aliphatic carboxylic acids is 1. The Morgan fingerprint density at radius 1 is 1.50 bits per heavy atom. The van der Waals surface area contributed by atoms with Gasteiger partial charge in [-0.05, 0) is 24.5 Å². The number of hydrogen-bond donors (Lipinski definition) is 1. The second-order valence-electron chi connectivity index (χ2n) is 5.07. The highest BCUT2D eigenvalue weighted by Gasteiger charge is 2.38. The zero-order valence-electron chi connectivity index (χ0n) is 10.3. The van der Waals surface area contributed by atoms with Crippen molar-refractivity contribution in [3.63, 3.8) is 0 Å². The monoisotopic (exact) mass is 244 g/mol. The van der Waals surface area contributed by atoms with Crippen LogP contribution in [-0.4, -0.2) is 20.6 Å². The van der Waals surface area contributed by atoms with Crippen LogP contribution in [0.4, 0.5) is 0 Å². The first-order valence-electron chi connectivity index (χ1n) is 6.34. The molecule has 0 radical (unpaired) electrons. The van der Waals surface area contributed by atoms with Crippen LogP contribution in [0.1, 0.15) is 31.5 Å². The highest BCUT2D eigenvalue weighted by atomic mass is 16.4. The van der Waals surface area contributed by atoms with E-state index in [0.29, 0.717) is 18.4 Å². The molecule has 1 aliphatic carbocycles. The summed E-state index contributed by atoms with van der Waals surface area (Å²) in [6.07, 6.45) is 1.31. The molecule has 1 heterocycles. The molecule has 1 aromatic heterocycles. The van der Waals surface area contributed by atoms with Crippen molar-refractivity contribution in [1.29, 1.82) is 0 Å². The van der Waals surface area contributed by atoms with Gasteiger partial charge in [-0.25, -0.2) is 4.98 Å². The third-order valence-corrected chi connectivity index (χ3v) is 3.67. The van der Waals surface area contributed by atoms with E-state index in [9.17, 15) is 4.79 Å². The molecule has 0 aliphatic heterocycles. The van der Waals surface area contributed by atoms with Crippen molar-refractivity contribution < 1.29 is 9.90 Å². The van der Waals surface area contributed by atoms with Crippen LogP contribution in [0.2, 0.25) is 0 Å². The van der Waals surface area contributed by atoms with Gasteiger partial charge in [0.2, 0.25) is 0 Å². The maximum absolute atomic E-state index is 10.8. The van der Waals surface area contributed by atoms with Gasteiger partial charge in [0.15, 0.2) is 0 Å². The minimum atomic E-state index is -0.762. The number of carbonyl (C=O) groups is 1. The Morgan fingerprint density at radius 2 is 2.22 bits per heavy atom. The number of aryl methyl sites for hydroxylation is 1. The van der Waals surface area contributed by atoms with E-state index in [0.717, 1.165) is 23.3 Å². The smallest absolute Gasteiger partial charge is 0.305 e. The van der Waals surface area contributed by atoms with Crippen LogP contribution < -0.4 is 0 Å². The lowest BCUT2D eigenvalue weighted by Gasteiger charge is -2.06. The van der Waals surface area contributed by atoms with Gasteiger partial charge in [0.25, 0.3) is 0 Å². The summed E-state index contributed by atoms with van der Waals surface area (Å²) in [6, 6.07) is 7.95. The van der Waals surface area contributed by atoms with Crippen molar-refractivity contribution in [2.75, 3.05) is 0 Å². The molecule has 1 saturated carbocycles. The average molecular weight is 244 g/mol. The molecule has 4 nitrogen and oxygen atoms in total. The SMILES string of the molecule is CC1CC1c1nc2ccccc2n1CCC(=O)O. The van der Waals surface area contributed by atoms with Crippen molar-refractivity contribution in [1.82, 2.24) is 9.55 Å². The standard InChI is InChI=1S/C14H16N2O2/c1-9-8-10(9)14-15-11-4-2-3-5-12(11)16(14)7-6-13(17)18/h2-5,9-10H,6-8H2,1H3,(H,17,18). The number of benzene rings is 1. The Morgan fingerprint density at radius 3 is 2.89 bits per heavy atom. The van der Waals surface area contributed by atoms with E-state index < -0.39 is 5.97 Å². The summed E-state index contributed by atoms with van der Waals surface area (Å²) in [4.78, 5) is 15.4. The van der Waals surface area contributed by atoms with Gasteiger partial charge in [-0.2, -0.15) is 0 Å². The number of para-hydroxylation sites is 2. The van der Waals surface area contributed by atoms with Crippen LogP contribution in [0.15, 0.2) is 24.3 Å². The van der Waals surface area contributed by atoms with Crippen molar-refractivity contribution >= 4 is 17.0 Å². The van der Waals surface area contributed by atoms with Gasteiger partial charge >= 0.3 is 5.97 Å². The largest absolute Gasteiger partial charge is 0.481 e. The van der Waals surface area contributed by atoms with Gasteiger partial charge in [0.1, 0.15) is 5.82 Å². The average Bonchev–Trinajstić information content (AvgIpc) is 2.95. The van der Waals surface area contributed by atoms with E-state index >= 15 is 0 Å². The van der Waals surface area contributed by atoms with Crippen LogP contribution >= 0.6 is 0 Å². The number of imidazole rings is 1. The molecule has 4 heteroatoms. The van der Waals surface area contributed by atoms with Gasteiger partial charge in [-0.3, -0.25) is 4.79 Å². The lowest BCUT2D eigenvalue weighted by molar-refractivity contribution is -0.137. The molecular formula is C14H16N2O2. The second-order valence-corrected chi connectivity index (χ2v) is 5.07. The summed E-state index contributed by atoms with van der Waals surface area (Å²) in [5, 5.41) is 8.85. The Bertz CT molecular complexity index is 603. The number of carboxylic acids is 1. The Kier molecular flexibility index (Phi) is 2.58. The van der Waals surface area contributed by atoms with Gasteiger partial charge in [0, 0.05) is 12.5 Å². The summed E-state index contributed by atoms with van der Waals surface area (Å²) < 4.78 is 2.08. The minimum Gasteiger partial charge on any atom is -0.481 e. The topological polar surface area (TPSA) is 55.1 Å². The third-order valence-electron chi connectivity index (χ3n) is 3.67. The van der Waals surface area contributed by atoms with Crippen LogP contribution in [0, 0.1) is 5.92 Å². The summed E-state index contributed by atoms with van der Waals surface area (Å²) in [5.41, 5.74) is 2.02. The highest BCUT2D eigenvalue weighted by molar-refractivity contribution is 5.76. The molecular weight excluding hydrogens is 228 g/mol. The van der Waals surface area contributed by atoms with E-state index in [-0.39, 0.29) is 6.42 Å². The first-order valence-corrected chi connectivity index (χ1v) is 6.34. The first-order chi connectivity index (χ1) is 8.66. The molecule has 1 aliphatic rings. The van der Waals surface area contributed by atoms with Crippen LogP contribution in [-0.2, 0) is 11.3 Å². The zero-order valence-corrected chi connectivity index (χ0v) is 10.3. The summed E-state index contributed by atoms with van der Waals surface area (Å²) in [5.74, 6) is 1.48. The molecule has 0 bridgehead atoms. The molecule has 0 amide bonds. The van der Waals surface area contributed by atoms with Gasteiger partial charge in [-0.15, -0.1) is 0 Å². The molecule has 2 aromatic rings. The van der Waals surface area contributed by atoms with Gasteiger partial charge < -0.3 is 9.67 Å². The Labute approximate surface area is 105 Å². The number of fused-ring (bicyclic) bond motifs is 1. The number of aromatic nitrogens is 2. The summed E-state index contributed by atoms with van der Waals surface area (Å²) in [7, 11) is 0. The van der Waals surface area contributed by atoms with Crippen molar-refractivity contribution in [2.45, 2.75) is 32.2 Å². The van der Waals surface area contributed by atoms with E-state index in [4.69, 9.17) is 5.11 Å². The number of rotatable bonds is 4. The van der Waals surface area contributed by atoms with E-state index in [1.807, 2.05) is 24.3 Å². The maximum atomic E-state index is 10.8. The normalized spacial score (nSPS) is 22.3. The molecule has 3 rings (SSSR count). The first kappa shape index (κ1) is 11.3. The van der Waals surface area contributed by atoms with E-state index in [1.165, 1.54) is 0 Å². The number of nitrogens with zero attached hydrogens (tertiary/aromatic N) is 2. The fraction of sp³-hybridized carbons (Fsp3) is 0.429. The molecule has 0 saturated heterocycles.